The van der Waals surface area contributed by atoms with E-state index in [1.54, 1.807) is 0 Å². The number of aryl methyl sites for hydroxylation is 1. The summed E-state index contributed by atoms with van der Waals surface area (Å²) in [5.74, 6) is 0. The molecule has 0 radical (unpaired) electrons. The van der Waals surface area contributed by atoms with Gasteiger partial charge in [0.2, 0.25) is 0 Å². The highest BCUT2D eigenvalue weighted by atomic mass is 14.8. The molecule has 0 saturated heterocycles. The third kappa shape index (κ3) is 2.73. The summed E-state index contributed by atoms with van der Waals surface area (Å²) >= 11 is 0. The number of unbranched alkanes of at least 4 members (excludes halogenated alkanes) is 1. The summed E-state index contributed by atoms with van der Waals surface area (Å²) in [4.78, 5) is 0. The van der Waals surface area contributed by atoms with E-state index in [2.05, 4.69) is 42.6 Å². The molecule has 0 aromatic heterocycles. The van der Waals surface area contributed by atoms with Crippen molar-refractivity contribution >= 4 is 5.57 Å². The van der Waals surface area contributed by atoms with Crippen molar-refractivity contribution in [3.63, 3.8) is 0 Å². The third-order valence-electron chi connectivity index (χ3n) is 3.23. The summed E-state index contributed by atoms with van der Waals surface area (Å²) in [7, 11) is 0. The van der Waals surface area contributed by atoms with Gasteiger partial charge in [-0.2, -0.15) is 0 Å². The van der Waals surface area contributed by atoms with Gasteiger partial charge in [0.1, 0.15) is 0 Å². The molecule has 0 aliphatic carbocycles. The van der Waals surface area contributed by atoms with Crippen molar-refractivity contribution in [3.05, 3.63) is 41.5 Å². The van der Waals surface area contributed by atoms with E-state index in [0.717, 1.165) is 13.1 Å². The predicted octanol–water partition coefficient (Wildman–Crippen LogP) is 3.41. The van der Waals surface area contributed by atoms with Crippen molar-refractivity contribution in [1.29, 1.82) is 0 Å². The standard InChI is InChI=1S/C15H21N/c1-2-3-6-13-7-4-5-8-15(13)14-9-11-16-12-10-14/h4-5,7-9,16H,2-3,6,10-12H2,1H3. The van der Waals surface area contributed by atoms with Crippen LogP contribution in [0.3, 0.4) is 0 Å². The first-order valence-corrected chi connectivity index (χ1v) is 6.40. The Morgan fingerprint density at radius 2 is 2.12 bits per heavy atom. The van der Waals surface area contributed by atoms with Gasteiger partial charge in [0.05, 0.1) is 0 Å². The molecular weight excluding hydrogens is 194 g/mol. The summed E-state index contributed by atoms with van der Waals surface area (Å²) in [5, 5.41) is 3.37. The minimum absolute atomic E-state index is 1.03. The molecule has 0 saturated carbocycles. The summed E-state index contributed by atoms with van der Waals surface area (Å²) < 4.78 is 0. The second-order valence-electron chi connectivity index (χ2n) is 4.44. The summed E-state index contributed by atoms with van der Waals surface area (Å²) in [6.07, 6.45) is 7.30. The van der Waals surface area contributed by atoms with Crippen LogP contribution < -0.4 is 5.32 Å². The summed E-state index contributed by atoms with van der Waals surface area (Å²) in [6.45, 7) is 4.40. The van der Waals surface area contributed by atoms with Crippen LogP contribution in [-0.2, 0) is 6.42 Å². The second kappa shape index (κ2) is 5.86. The number of hydrogen-bond acceptors (Lipinski definition) is 1. The first-order chi connectivity index (χ1) is 7.92. The highest BCUT2D eigenvalue weighted by molar-refractivity contribution is 5.69. The number of rotatable bonds is 4. The molecule has 1 aromatic carbocycles. The normalized spacial score (nSPS) is 15.9. The quantitative estimate of drug-likeness (QED) is 0.811. The lowest BCUT2D eigenvalue weighted by molar-refractivity contribution is 0.736. The van der Waals surface area contributed by atoms with E-state index in [-0.39, 0.29) is 0 Å². The fourth-order valence-corrected chi connectivity index (χ4v) is 2.29. The van der Waals surface area contributed by atoms with Crippen molar-refractivity contribution in [2.75, 3.05) is 13.1 Å². The van der Waals surface area contributed by atoms with Crippen LogP contribution in [0.15, 0.2) is 30.3 Å². The maximum Gasteiger partial charge on any atom is 0.0140 e. The highest BCUT2D eigenvalue weighted by Crippen LogP contribution is 2.24. The lowest BCUT2D eigenvalue weighted by Crippen LogP contribution is -2.20. The van der Waals surface area contributed by atoms with Crippen molar-refractivity contribution in [2.45, 2.75) is 32.6 Å². The topological polar surface area (TPSA) is 12.0 Å². The SMILES string of the molecule is CCCCc1ccccc1C1=CCNCC1. The van der Waals surface area contributed by atoms with Crippen LogP contribution in [0.2, 0.25) is 0 Å². The van der Waals surface area contributed by atoms with E-state index >= 15 is 0 Å². The Hall–Kier alpha value is -1.08. The van der Waals surface area contributed by atoms with Gasteiger partial charge in [-0.05, 0) is 42.5 Å². The molecule has 2 rings (SSSR count). The van der Waals surface area contributed by atoms with Gasteiger partial charge < -0.3 is 5.32 Å². The Bertz CT molecular complexity index is 365. The Balaban J connectivity index is 2.21. The average Bonchev–Trinajstić information content (AvgIpc) is 2.38. The fourth-order valence-electron chi connectivity index (χ4n) is 2.29. The number of nitrogens with one attached hydrogen (secondary N) is 1. The molecular formula is C15H21N. The van der Waals surface area contributed by atoms with Gasteiger partial charge in [-0.3, -0.25) is 0 Å². The molecule has 0 unspecified atom stereocenters. The molecule has 1 nitrogen and oxygen atoms in total. The smallest absolute Gasteiger partial charge is 0.0140 e. The Morgan fingerprint density at radius 1 is 1.25 bits per heavy atom. The van der Waals surface area contributed by atoms with Crippen molar-refractivity contribution in [3.8, 4) is 0 Å². The van der Waals surface area contributed by atoms with Crippen LogP contribution in [0.5, 0.6) is 0 Å². The molecule has 1 aromatic rings. The van der Waals surface area contributed by atoms with Crippen LogP contribution >= 0.6 is 0 Å². The molecule has 1 N–H and O–H groups in total. The molecule has 1 heterocycles. The van der Waals surface area contributed by atoms with E-state index in [1.165, 1.54) is 42.4 Å². The van der Waals surface area contributed by atoms with Gasteiger partial charge >= 0.3 is 0 Å². The zero-order valence-electron chi connectivity index (χ0n) is 10.1. The summed E-state index contributed by atoms with van der Waals surface area (Å²) in [5.41, 5.74) is 4.54. The molecule has 1 heteroatoms. The van der Waals surface area contributed by atoms with Gasteiger partial charge in [0, 0.05) is 6.54 Å². The van der Waals surface area contributed by atoms with Crippen LogP contribution in [0.1, 0.15) is 37.3 Å². The lowest BCUT2D eigenvalue weighted by atomic mass is 9.93. The zero-order valence-corrected chi connectivity index (χ0v) is 10.1. The average molecular weight is 215 g/mol. The van der Waals surface area contributed by atoms with Gasteiger partial charge in [-0.15, -0.1) is 0 Å². The van der Waals surface area contributed by atoms with Gasteiger partial charge in [-0.25, -0.2) is 0 Å². The van der Waals surface area contributed by atoms with Gasteiger partial charge in [-0.1, -0.05) is 43.7 Å². The van der Waals surface area contributed by atoms with E-state index in [0.29, 0.717) is 0 Å². The monoisotopic (exact) mass is 215 g/mol. The first kappa shape index (κ1) is 11.4. The molecule has 1 aliphatic heterocycles. The molecule has 1 aliphatic rings. The molecule has 0 fully saturated rings. The minimum atomic E-state index is 1.03. The van der Waals surface area contributed by atoms with Crippen LogP contribution in [0.4, 0.5) is 0 Å². The maximum absolute atomic E-state index is 3.37. The van der Waals surface area contributed by atoms with E-state index in [4.69, 9.17) is 0 Å². The molecule has 0 atom stereocenters. The molecule has 0 spiro atoms. The van der Waals surface area contributed by atoms with E-state index < -0.39 is 0 Å². The third-order valence-corrected chi connectivity index (χ3v) is 3.23. The first-order valence-electron chi connectivity index (χ1n) is 6.40. The van der Waals surface area contributed by atoms with Crippen LogP contribution in [0, 0.1) is 0 Å². The lowest BCUT2D eigenvalue weighted by Gasteiger charge is -2.17. The number of benzene rings is 1. The largest absolute Gasteiger partial charge is 0.313 e. The minimum Gasteiger partial charge on any atom is -0.313 e. The fraction of sp³-hybridized carbons (Fsp3) is 0.467. The zero-order chi connectivity index (χ0) is 11.2. The summed E-state index contributed by atoms with van der Waals surface area (Å²) in [6, 6.07) is 8.89. The Labute approximate surface area is 98.6 Å². The predicted molar refractivity (Wildman–Crippen MR) is 70.5 cm³/mol. The Kier molecular flexibility index (Phi) is 4.17. The van der Waals surface area contributed by atoms with Crippen LogP contribution in [0.25, 0.3) is 5.57 Å². The second-order valence-corrected chi connectivity index (χ2v) is 4.44. The van der Waals surface area contributed by atoms with E-state index in [9.17, 15) is 0 Å². The molecule has 0 bridgehead atoms. The van der Waals surface area contributed by atoms with Crippen molar-refractivity contribution in [2.24, 2.45) is 0 Å². The number of hydrogen-bond donors (Lipinski definition) is 1. The maximum atomic E-state index is 3.37. The van der Waals surface area contributed by atoms with E-state index in [1.807, 2.05) is 0 Å². The Morgan fingerprint density at radius 3 is 2.88 bits per heavy atom. The van der Waals surface area contributed by atoms with Gasteiger partial charge in [0.15, 0.2) is 0 Å². The van der Waals surface area contributed by atoms with Crippen molar-refractivity contribution < 1.29 is 0 Å². The highest BCUT2D eigenvalue weighted by Gasteiger charge is 2.09. The van der Waals surface area contributed by atoms with Gasteiger partial charge in [0.25, 0.3) is 0 Å². The van der Waals surface area contributed by atoms with Crippen molar-refractivity contribution in [1.82, 2.24) is 5.32 Å². The van der Waals surface area contributed by atoms with Crippen LogP contribution in [-0.4, -0.2) is 13.1 Å². The molecule has 0 amide bonds. The molecule has 86 valence electrons. The molecule has 16 heavy (non-hydrogen) atoms.